The second-order valence-corrected chi connectivity index (χ2v) is 4.74. The summed E-state index contributed by atoms with van der Waals surface area (Å²) in [4.78, 5) is 0. The van der Waals surface area contributed by atoms with Gasteiger partial charge in [0.05, 0.1) is 14.2 Å². The van der Waals surface area contributed by atoms with E-state index in [9.17, 15) is 0 Å². The Morgan fingerprint density at radius 3 is 2.22 bits per heavy atom. The van der Waals surface area contributed by atoms with Crippen LogP contribution in [0.3, 0.4) is 0 Å². The van der Waals surface area contributed by atoms with Crippen LogP contribution in [0.15, 0.2) is 12.1 Å². The van der Waals surface area contributed by atoms with Crippen molar-refractivity contribution in [3.8, 4) is 11.5 Å². The van der Waals surface area contributed by atoms with Gasteiger partial charge in [-0.2, -0.15) is 0 Å². The van der Waals surface area contributed by atoms with Crippen molar-refractivity contribution in [1.29, 1.82) is 0 Å². The molecule has 0 unspecified atom stereocenters. The summed E-state index contributed by atoms with van der Waals surface area (Å²) in [6.45, 7) is 8.48. The lowest BCUT2D eigenvalue weighted by molar-refractivity contribution is 0.353. The molecule has 1 N–H and O–H groups in total. The van der Waals surface area contributed by atoms with Gasteiger partial charge >= 0.3 is 0 Å². The van der Waals surface area contributed by atoms with Crippen molar-refractivity contribution in [2.45, 2.75) is 39.7 Å². The Bertz CT molecular complexity index is 375. The number of rotatable bonds is 7. The van der Waals surface area contributed by atoms with Crippen molar-refractivity contribution in [3.63, 3.8) is 0 Å². The van der Waals surface area contributed by atoms with E-state index in [2.05, 4.69) is 38.2 Å². The van der Waals surface area contributed by atoms with E-state index in [-0.39, 0.29) is 0 Å². The first-order valence-electron chi connectivity index (χ1n) is 6.59. The SMILES string of the molecule is CCCNCc1cc(OC)c(OC)cc1C(C)C. The molecule has 0 fully saturated rings. The van der Waals surface area contributed by atoms with E-state index in [4.69, 9.17) is 9.47 Å². The Balaban J connectivity index is 3.04. The Labute approximate surface area is 110 Å². The van der Waals surface area contributed by atoms with Gasteiger partial charge in [0.1, 0.15) is 0 Å². The van der Waals surface area contributed by atoms with Crippen molar-refractivity contribution in [1.82, 2.24) is 5.32 Å². The third-order valence-electron chi connectivity index (χ3n) is 3.01. The fraction of sp³-hybridized carbons (Fsp3) is 0.600. The number of benzene rings is 1. The van der Waals surface area contributed by atoms with E-state index in [0.29, 0.717) is 5.92 Å². The highest BCUT2D eigenvalue weighted by molar-refractivity contribution is 5.48. The van der Waals surface area contributed by atoms with Gasteiger partial charge in [0.15, 0.2) is 11.5 Å². The molecule has 1 rings (SSSR count). The maximum absolute atomic E-state index is 5.37. The highest BCUT2D eigenvalue weighted by Crippen LogP contribution is 2.33. The van der Waals surface area contributed by atoms with Gasteiger partial charge in [-0.05, 0) is 42.1 Å². The van der Waals surface area contributed by atoms with Crippen LogP contribution < -0.4 is 14.8 Å². The Kier molecular flexibility index (Phi) is 5.99. The van der Waals surface area contributed by atoms with Crippen molar-refractivity contribution in [2.24, 2.45) is 0 Å². The highest BCUT2D eigenvalue weighted by Gasteiger charge is 2.13. The van der Waals surface area contributed by atoms with E-state index in [1.807, 2.05) is 0 Å². The van der Waals surface area contributed by atoms with Gasteiger partial charge in [-0.1, -0.05) is 20.8 Å². The molecule has 102 valence electrons. The standard InChI is InChI=1S/C15H25NO2/c1-6-7-16-10-12-8-14(17-4)15(18-5)9-13(12)11(2)3/h8-9,11,16H,6-7,10H2,1-5H3. The van der Waals surface area contributed by atoms with E-state index < -0.39 is 0 Å². The first-order chi connectivity index (χ1) is 8.63. The molecule has 1 aromatic rings. The van der Waals surface area contributed by atoms with Crippen LogP contribution in [0.5, 0.6) is 11.5 Å². The first kappa shape index (κ1) is 14.8. The first-order valence-corrected chi connectivity index (χ1v) is 6.59. The molecule has 0 bridgehead atoms. The molecule has 3 nitrogen and oxygen atoms in total. The van der Waals surface area contributed by atoms with Crippen LogP contribution in [-0.2, 0) is 6.54 Å². The van der Waals surface area contributed by atoms with Crippen LogP contribution in [0.1, 0.15) is 44.2 Å². The average molecular weight is 251 g/mol. The molecule has 0 aromatic heterocycles. The third kappa shape index (κ3) is 3.64. The number of hydrogen-bond acceptors (Lipinski definition) is 3. The molecule has 0 aliphatic carbocycles. The molecule has 0 saturated heterocycles. The largest absolute Gasteiger partial charge is 0.493 e. The van der Waals surface area contributed by atoms with Crippen molar-refractivity contribution < 1.29 is 9.47 Å². The normalized spacial score (nSPS) is 10.8. The van der Waals surface area contributed by atoms with Crippen LogP contribution in [-0.4, -0.2) is 20.8 Å². The molecule has 1 aromatic carbocycles. The summed E-state index contributed by atoms with van der Waals surface area (Å²) in [6.07, 6.45) is 1.14. The predicted molar refractivity (Wildman–Crippen MR) is 75.6 cm³/mol. The van der Waals surface area contributed by atoms with Gasteiger partial charge in [0, 0.05) is 6.54 Å². The van der Waals surface area contributed by atoms with Crippen molar-refractivity contribution in [2.75, 3.05) is 20.8 Å². The van der Waals surface area contributed by atoms with E-state index in [1.165, 1.54) is 11.1 Å². The summed E-state index contributed by atoms with van der Waals surface area (Å²) in [7, 11) is 3.35. The summed E-state index contributed by atoms with van der Waals surface area (Å²) < 4.78 is 10.7. The van der Waals surface area contributed by atoms with Gasteiger partial charge in [0.25, 0.3) is 0 Å². The zero-order valence-electron chi connectivity index (χ0n) is 12.2. The number of hydrogen-bond donors (Lipinski definition) is 1. The number of ether oxygens (including phenoxy) is 2. The highest BCUT2D eigenvalue weighted by atomic mass is 16.5. The summed E-state index contributed by atoms with van der Waals surface area (Å²) in [5, 5.41) is 3.44. The van der Waals surface area contributed by atoms with E-state index in [1.54, 1.807) is 14.2 Å². The van der Waals surface area contributed by atoms with Crippen LogP contribution >= 0.6 is 0 Å². The third-order valence-corrected chi connectivity index (χ3v) is 3.01. The van der Waals surface area contributed by atoms with Gasteiger partial charge < -0.3 is 14.8 Å². The van der Waals surface area contributed by atoms with Crippen LogP contribution in [0.2, 0.25) is 0 Å². The van der Waals surface area contributed by atoms with Crippen LogP contribution in [0.4, 0.5) is 0 Å². The quantitative estimate of drug-likeness (QED) is 0.754. The molecule has 0 heterocycles. The average Bonchev–Trinajstić information content (AvgIpc) is 2.38. The minimum Gasteiger partial charge on any atom is -0.493 e. The smallest absolute Gasteiger partial charge is 0.161 e. The molecule has 0 spiro atoms. The maximum atomic E-state index is 5.37. The molecule has 0 atom stereocenters. The van der Waals surface area contributed by atoms with Crippen molar-refractivity contribution in [3.05, 3.63) is 23.3 Å². The molecular weight excluding hydrogens is 226 g/mol. The molecule has 0 aliphatic rings. The Hall–Kier alpha value is -1.22. The fourth-order valence-electron chi connectivity index (χ4n) is 2.03. The molecule has 0 aliphatic heterocycles. The van der Waals surface area contributed by atoms with Gasteiger partial charge in [-0.15, -0.1) is 0 Å². The molecule has 18 heavy (non-hydrogen) atoms. The zero-order chi connectivity index (χ0) is 13.5. The second-order valence-electron chi connectivity index (χ2n) is 4.74. The topological polar surface area (TPSA) is 30.5 Å². The zero-order valence-corrected chi connectivity index (χ0v) is 12.2. The second kappa shape index (κ2) is 7.27. The Morgan fingerprint density at radius 1 is 1.11 bits per heavy atom. The lowest BCUT2D eigenvalue weighted by atomic mass is 9.96. The summed E-state index contributed by atoms with van der Waals surface area (Å²) in [6, 6.07) is 4.17. The predicted octanol–water partition coefficient (Wildman–Crippen LogP) is 3.33. The fourth-order valence-corrected chi connectivity index (χ4v) is 2.03. The molecule has 3 heteroatoms. The number of nitrogens with one attached hydrogen (secondary N) is 1. The van der Waals surface area contributed by atoms with Crippen LogP contribution in [0.25, 0.3) is 0 Å². The number of methoxy groups -OCH3 is 2. The molecular formula is C15H25NO2. The lowest BCUT2D eigenvalue weighted by Gasteiger charge is -2.17. The van der Waals surface area contributed by atoms with E-state index >= 15 is 0 Å². The monoisotopic (exact) mass is 251 g/mol. The molecule has 0 radical (unpaired) electrons. The minimum atomic E-state index is 0.475. The maximum Gasteiger partial charge on any atom is 0.161 e. The minimum absolute atomic E-state index is 0.475. The summed E-state index contributed by atoms with van der Waals surface area (Å²) >= 11 is 0. The molecule has 0 saturated carbocycles. The lowest BCUT2D eigenvalue weighted by Crippen LogP contribution is -2.15. The van der Waals surface area contributed by atoms with Gasteiger partial charge in [-0.3, -0.25) is 0 Å². The summed E-state index contributed by atoms with van der Waals surface area (Å²) in [5.74, 6) is 2.08. The summed E-state index contributed by atoms with van der Waals surface area (Å²) in [5.41, 5.74) is 2.60. The van der Waals surface area contributed by atoms with E-state index in [0.717, 1.165) is 31.0 Å². The van der Waals surface area contributed by atoms with Gasteiger partial charge in [-0.25, -0.2) is 0 Å². The van der Waals surface area contributed by atoms with Gasteiger partial charge in [0.2, 0.25) is 0 Å². The molecule has 0 amide bonds. The Morgan fingerprint density at radius 2 is 1.72 bits per heavy atom. The van der Waals surface area contributed by atoms with Crippen molar-refractivity contribution >= 4 is 0 Å². The van der Waals surface area contributed by atoms with Crippen LogP contribution in [0, 0.1) is 0 Å².